The van der Waals surface area contributed by atoms with Crippen LogP contribution in [0.5, 0.6) is 0 Å². The number of ketones is 1. The lowest BCUT2D eigenvalue weighted by Gasteiger charge is -2.32. The lowest BCUT2D eigenvalue weighted by atomic mass is 9.79. The zero-order valence-electron chi connectivity index (χ0n) is 16.8. The molecule has 1 amide bonds. The van der Waals surface area contributed by atoms with Gasteiger partial charge in [-0.3, -0.25) is 9.59 Å². The van der Waals surface area contributed by atoms with E-state index >= 15 is 0 Å². The molecule has 0 bridgehead atoms. The fourth-order valence-corrected chi connectivity index (χ4v) is 4.92. The molecular weight excluding hydrogens is 478 g/mol. The number of nitriles is 1. The molecule has 1 aromatic heterocycles. The number of benzene rings is 1. The number of amides is 1. The number of halogens is 1. The second-order valence-corrected chi connectivity index (χ2v) is 9.28. The second-order valence-electron chi connectivity index (χ2n) is 7.37. The number of nitrogens with one attached hydrogen (secondary N) is 2. The van der Waals surface area contributed by atoms with E-state index in [0.29, 0.717) is 34.0 Å². The van der Waals surface area contributed by atoms with Gasteiger partial charge in [0.2, 0.25) is 5.91 Å². The van der Waals surface area contributed by atoms with E-state index in [2.05, 4.69) is 32.6 Å². The van der Waals surface area contributed by atoms with Crippen molar-refractivity contribution in [1.82, 2.24) is 5.32 Å². The van der Waals surface area contributed by atoms with Crippen molar-refractivity contribution >= 4 is 45.1 Å². The minimum atomic E-state index is -0.542. The molecule has 0 radical (unpaired) electrons. The molecule has 2 aliphatic rings. The summed E-state index contributed by atoms with van der Waals surface area (Å²) in [5.74, 6) is 0.750. The van der Waals surface area contributed by atoms with Crippen molar-refractivity contribution in [3.8, 4) is 6.07 Å². The Morgan fingerprint density at radius 3 is 2.74 bits per heavy atom. The van der Waals surface area contributed by atoms with E-state index in [9.17, 15) is 14.9 Å². The van der Waals surface area contributed by atoms with Gasteiger partial charge in [-0.15, -0.1) is 0 Å². The second kappa shape index (κ2) is 9.16. The summed E-state index contributed by atoms with van der Waals surface area (Å²) in [7, 11) is 0. The van der Waals surface area contributed by atoms with E-state index in [1.807, 2.05) is 43.3 Å². The van der Waals surface area contributed by atoms with Crippen molar-refractivity contribution in [3.05, 3.63) is 74.3 Å². The Hall–Kier alpha value is -2.76. The molecule has 2 aromatic rings. The van der Waals surface area contributed by atoms with Crippen molar-refractivity contribution < 1.29 is 14.0 Å². The topological polar surface area (TPSA) is 95.1 Å². The number of thioether (sulfide) groups is 1. The molecular formula is C23H20BrN3O3S. The molecule has 2 heterocycles. The van der Waals surface area contributed by atoms with Crippen molar-refractivity contribution in [2.75, 3.05) is 11.1 Å². The molecule has 8 heteroatoms. The first-order valence-corrected chi connectivity index (χ1v) is 11.7. The SMILES string of the molecule is Cc1ccc([C@@H]2C(C#N)=C(SCC(=O)Nc3ccc(Br)cc3)NC3=C2C(=O)CCC3)o1. The number of rotatable bonds is 5. The van der Waals surface area contributed by atoms with Crippen LogP contribution in [-0.2, 0) is 9.59 Å². The van der Waals surface area contributed by atoms with Gasteiger partial charge < -0.3 is 15.1 Å². The minimum Gasteiger partial charge on any atom is -0.465 e. The summed E-state index contributed by atoms with van der Waals surface area (Å²) in [5, 5.41) is 16.7. The number of allylic oxidation sites excluding steroid dienone is 3. The van der Waals surface area contributed by atoms with E-state index < -0.39 is 5.92 Å². The third kappa shape index (κ3) is 4.63. The van der Waals surface area contributed by atoms with Crippen molar-refractivity contribution in [1.29, 1.82) is 5.26 Å². The standard InChI is InChI=1S/C23H20BrN3O3S/c1-13-5-10-19(30-13)21-16(11-25)23(27-17-3-2-4-18(28)22(17)21)31-12-20(29)26-15-8-6-14(24)7-9-15/h5-10,21,27H,2-4,12H2,1H3,(H,26,29)/t21-/m0/s1. The highest BCUT2D eigenvalue weighted by Gasteiger charge is 2.38. The largest absolute Gasteiger partial charge is 0.465 e. The first-order valence-electron chi connectivity index (χ1n) is 9.88. The Labute approximate surface area is 192 Å². The van der Waals surface area contributed by atoms with Crippen molar-refractivity contribution in [3.63, 3.8) is 0 Å². The summed E-state index contributed by atoms with van der Waals surface area (Å²) in [5.41, 5.74) is 2.54. The van der Waals surface area contributed by atoms with Gasteiger partial charge in [0.15, 0.2) is 5.78 Å². The van der Waals surface area contributed by atoms with Gasteiger partial charge in [0.05, 0.1) is 28.3 Å². The average molecular weight is 498 g/mol. The first kappa shape index (κ1) is 21.5. The van der Waals surface area contributed by atoms with Crippen LogP contribution in [-0.4, -0.2) is 17.4 Å². The van der Waals surface area contributed by atoms with Crippen molar-refractivity contribution in [2.45, 2.75) is 32.1 Å². The quantitative estimate of drug-likeness (QED) is 0.592. The van der Waals surface area contributed by atoms with E-state index in [0.717, 1.165) is 28.8 Å². The number of dihydropyridines is 1. The summed E-state index contributed by atoms with van der Waals surface area (Å²) in [6.45, 7) is 1.83. The predicted octanol–water partition coefficient (Wildman–Crippen LogP) is 5.15. The van der Waals surface area contributed by atoms with Crippen LogP contribution in [0.2, 0.25) is 0 Å². The predicted molar refractivity (Wildman–Crippen MR) is 123 cm³/mol. The summed E-state index contributed by atoms with van der Waals surface area (Å²) >= 11 is 4.63. The number of anilines is 1. The van der Waals surface area contributed by atoms with Crippen molar-refractivity contribution in [2.24, 2.45) is 0 Å². The maximum absolute atomic E-state index is 12.7. The first-order chi connectivity index (χ1) is 15.0. The molecule has 0 spiro atoms. The zero-order chi connectivity index (χ0) is 22.0. The molecule has 6 nitrogen and oxygen atoms in total. The van der Waals surface area contributed by atoms with Crippen LogP contribution in [0, 0.1) is 18.3 Å². The maximum atomic E-state index is 12.7. The van der Waals surface area contributed by atoms with Crippen LogP contribution in [0.4, 0.5) is 5.69 Å². The van der Waals surface area contributed by atoms with Crippen LogP contribution in [0.15, 0.2) is 67.2 Å². The lowest BCUT2D eigenvalue weighted by molar-refractivity contribution is -0.116. The van der Waals surface area contributed by atoms with Crippen LogP contribution in [0.3, 0.4) is 0 Å². The Kier molecular flexibility index (Phi) is 6.35. The molecule has 31 heavy (non-hydrogen) atoms. The molecule has 4 rings (SSSR count). The van der Waals surface area contributed by atoms with Crippen LogP contribution in [0.1, 0.15) is 36.7 Å². The molecule has 158 valence electrons. The van der Waals surface area contributed by atoms with Gasteiger partial charge in [-0.1, -0.05) is 27.7 Å². The van der Waals surface area contributed by atoms with Crippen LogP contribution in [0.25, 0.3) is 0 Å². The van der Waals surface area contributed by atoms with Gasteiger partial charge in [-0.25, -0.2) is 0 Å². The number of furan rings is 1. The molecule has 0 saturated heterocycles. The number of Topliss-reactive ketones (excluding diaryl/α,β-unsaturated/α-hetero) is 1. The molecule has 1 aliphatic heterocycles. The highest BCUT2D eigenvalue weighted by molar-refractivity contribution is 9.10. The van der Waals surface area contributed by atoms with E-state index in [1.54, 1.807) is 0 Å². The summed E-state index contributed by atoms with van der Waals surface area (Å²) in [4.78, 5) is 25.2. The Balaban J connectivity index is 1.58. The lowest BCUT2D eigenvalue weighted by Crippen LogP contribution is -2.31. The number of carbonyl (C=O) groups is 2. The molecule has 1 atom stereocenters. The average Bonchev–Trinajstić information content (AvgIpc) is 3.19. The molecule has 1 aliphatic carbocycles. The highest BCUT2D eigenvalue weighted by Crippen LogP contribution is 2.44. The summed E-state index contributed by atoms with van der Waals surface area (Å²) in [6, 6.07) is 13.2. The smallest absolute Gasteiger partial charge is 0.234 e. The van der Waals surface area contributed by atoms with Gasteiger partial charge in [0.1, 0.15) is 11.5 Å². The number of hydrogen-bond acceptors (Lipinski definition) is 6. The number of carbonyl (C=O) groups excluding carboxylic acids is 2. The molecule has 2 N–H and O–H groups in total. The third-order valence-corrected chi connectivity index (χ3v) is 6.73. The fraction of sp³-hybridized carbons (Fsp3) is 0.261. The van der Waals surface area contributed by atoms with Gasteiger partial charge >= 0.3 is 0 Å². The summed E-state index contributed by atoms with van der Waals surface area (Å²) < 4.78 is 6.75. The molecule has 1 aromatic carbocycles. The Morgan fingerprint density at radius 2 is 2.06 bits per heavy atom. The molecule has 0 unspecified atom stereocenters. The third-order valence-electron chi connectivity index (χ3n) is 5.18. The fourth-order valence-electron chi connectivity index (χ4n) is 3.80. The van der Waals surface area contributed by atoms with E-state index in [4.69, 9.17) is 4.42 Å². The minimum absolute atomic E-state index is 0.0394. The van der Waals surface area contributed by atoms with Gasteiger partial charge in [-0.05, 0) is 56.2 Å². The maximum Gasteiger partial charge on any atom is 0.234 e. The number of hydrogen-bond donors (Lipinski definition) is 2. The van der Waals surface area contributed by atoms with Gasteiger partial charge in [0.25, 0.3) is 0 Å². The monoisotopic (exact) mass is 497 g/mol. The van der Waals surface area contributed by atoms with Crippen LogP contribution < -0.4 is 10.6 Å². The summed E-state index contributed by atoms with van der Waals surface area (Å²) in [6.07, 6.45) is 1.96. The van der Waals surface area contributed by atoms with E-state index in [1.165, 1.54) is 11.8 Å². The Morgan fingerprint density at radius 1 is 1.29 bits per heavy atom. The zero-order valence-corrected chi connectivity index (χ0v) is 19.2. The molecule has 0 saturated carbocycles. The number of nitrogens with zero attached hydrogens (tertiary/aromatic N) is 1. The Bertz CT molecular complexity index is 1140. The highest BCUT2D eigenvalue weighted by atomic mass is 79.9. The van der Waals surface area contributed by atoms with E-state index in [-0.39, 0.29) is 17.4 Å². The number of aryl methyl sites for hydroxylation is 1. The van der Waals surface area contributed by atoms with Gasteiger partial charge in [-0.2, -0.15) is 5.26 Å². The normalized spacial score (nSPS) is 18.4. The van der Waals surface area contributed by atoms with Gasteiger partial charge in [0, 0.05) is 27.9 Å². The molecule has 0 fully saturated rings. The van der Waals surface area contributed by atoms with Crippen LogP contribution >= 0.6 is 27.7 Å².